The fourth-order valence-corrected chi connectivity index (χ4v) is 4.69. The highest BCUT2D eigenvalue weighted by molar-refractivity contribution is 5.98. The molecule has 2 aliphatic rings. The fourth-order valence-electron chi connectivity index (χ4n) is 4.69. The summed E-state index contributed by atoms with van der Waals surface area (Å²) in [6.07, 6.45) is 6.83. The largest absolute Gasteiger partial charge is 0.479 e. The number of carbonyl (C=O) groups is 3. The van der Waals surface area contributed by atoms with Gasteiger partial charge in [-0.05, 0) is 43.9 Å². The van der Waals surface area contributed by atoms with Crippen molar-refractivity contribution in [3.8, 4) is 17.4 Å². The Kier molecular flexibility index (Phi) is 7.67. The summed E-state index contributed by atoms with van der Waals surface area (Å²) >= 11 is 0. The molecule has 2 fully saturated rings. The summed E-state index contributed by atoms with van der Waals surface area (Å²) < 4.78 is 11.7. The molecule has 39 heavy (non-hydrogen) atoms. The number of anilines is 1. The summed E-state index contributed by atoms with van der Waals surface area (Å²) in [6, 6.07) is 11.1. The number of amides is 3. The lowest BCUT2D eigenvalue weighted by atomic mass is 9.72. The molecular formula is C28H30N6O5. The molecule has 0 radical (unpaired) electrons. The molecule has 202 valence electrons. The maximum absolute atomic E-state index is 13.0. The number of rotatable bonds is 10. The van der Waals surface area contributed by atoms with E-state index >= 15 is 0 Å². The van der Waals surface area contributed by atoms with E-state index in [1.165, 1.54) is 0 Å². The number of aryl methyl sites for hydroxylation is 1. The van der Waals surface area contributed by atoms with Gasteiger partial charge in [-0.25, -0.2) is 15.0 Å². The van der Waals surface area contributed by atoms with Gasteiger partial charge in [-0.1, -0.05) is 17.7 Å². The Morgan fingerprint density at radius 1 is 1.03 bits per heavy atom. The zero-order valence-electron chi connectivity index (χ0n) is 21.6. The van der Waals surface area contributed by atoms with Crippen LogP contribution in [-0.2, 0) is 20.8 Å². The van der Waals surface area contributed by atoms with E-state index in [0.717, 1.165) is 5.56 Å². The van der Waals surface area contributed by atoms with Crippen molar-refractivity contribution in [1.29, 1.82) is 0 Å². The lowest BCUT2D eigenvalue weighted by molar-refractivity contribution is -0.131. The number of nitrogens with two attached hydrogens (primary N) is 1. The van der Waals surface area contributed by atoms with Gasteiger partial charge in [-0.3, -0.25) is 14.4 Å². The molecule has 1 saturated carbocycles. The van der Waals surface area contributed by atoms with Crippen LogP contribution in [0, 0.1) is 18.8 Å². The lowest BCUT2D eigenvalue weighted by Crippen LogP contribution is -2.42. The Labute approximate surface area is 225 Å². The lowest BCUT2D eigenvalue weighted by Gasteiger charge is -2.33. The Balaban J connectivity index is 1.09. The van der Waals surface area contributed by atoms with Gasteiger partial charge in [-0.2, -0.15) is 0 Å². The minimum Gasteiger partial charge on any atom is -0.479 e. The van der Waals surface area contributed by atoms with Gasteiger partial charge in [0, 0.05) is 31.4 Å². The number of aromatic nitrogens is 3. The van der Waals surface area contributed by atoms with Crippen molar-refractivity contribution in [3.05, 3.63) is 66.4 Å². The minimum atomic E-state index is -0.622. The maximum atomic E-state index is 13.0. The Hall–Kier alpha value is -4.54. The van der Waals surface area contributed by atoms with Crippen LogP contribution in [-0.4, -0.2) is 51.9 Å². The fraction of sp³-hybridized carbons (Fsp3) is 0.357. The second-order valence-electron chi connectivity index (χ2n) is 9.91. The number of hydrogen-bond donors (Lipinski definition) is 2. The van der Waals surface area contributed by atoms with Crippen molar-refractivity contribution in [1.82, 2.24) is 20.3 Å². The van der Waals surface area contributed by atoms with Gasteiger partial charge in [0.1, 0.15) is 17.3 Å². The Morgan fingerprint density at radius 2 is 1.74 bits per heavy atom. The van der Waals surface area contributed by atoms with E-state index in [4.69, 9.17) is 15.2 Å². The molecule has 3 N–H and O–H groups in total. The maximum Gasteiger partial charge on any atom is 0.268 e. The highest BCUT2D eigenvalue weighted by Crippen LogP contribution is 2.36. The normalized spacial score (nSPS) is 20.3. The minimum absolute atomic E-state index is 0.111. The molecule has 1 aliphatic heterocycles. The van der Waals surface area contributed by atoms with E-state index in [-0.39, 0.29) is 24.3 Å². The summed E-state index contributed by atoms with van der Waals surface area (Å²) in [4.78, 5) is 50.6. The van der Waals surface area contributed by atoms with Crippen LogP contribution in [0.5, 0.6) is 17.4 Å². The number of hydrogen-bond acceptors (Lipinski definition) is 8. The summed E-state index contributed by atoms with van der Waals surface area (Å²) in [5.41, 5.74) is 6.82. The van der Waals surface area contributed by atoms with Crippen LogP contribution >= 0.6 is 0 Å². The second kappa shape index (κ2) is 11.5. The predicted molar refractivity (Wildman–Crippen MR) is 141 cm³/mol. The molecule has 1 aromatic carbocycles. The van der Waals surface area contributed by atoms with Crippen LogP contribution in [0.15, 0.2) is 55.0 Å². The first-order chi connectivity index (χ1) is 18.8. The first-order valence-corrected chi connectivity index (χ1v) is 12.9. The molecule has 3 aromatic rings. The molecule has 1 aliphatic carbocycles. The molecule has 0 unspecified atom stereocenters. The Bertz CT molecular complexity index is 1320. The monoisotopic (exact) mass is 530 g/mol. The number of carbonyl (C=O) groups excluding carboxylic acids is 3. The van der Waals surface area contributed by atoms with Crippen molar-refractivity contribution in [3.63, 3.8) is 0 Å². The van der Waals surface area contributed by atoms with Crippen LogP contribution in [0.1, 0.15) is 30.7 Å². The Morgan fingerprint density at radius 3 is 2.41 bits per heavy atom. The number of ether oxygens (including phenoxy) is 2. The smallest absolute Gasteiger partial charge is 0.268 e. The first-order valence-electron chi connectivity index (χ1n) is 12.9. The van der Waals surface area contributed by atoms with Crippen molar-refractivity contribution >= 4 is 23.4 Å². The SMILES string of the molecule is Cc1ccc(Oc2ccc(O[C@@H]3CCN(c4cnc(CC5CC(C(=O)NCC(N)=O)C5)nc4)C3=O)cn2)cc1. The quantitative estimate of drug-likeness (QED) is 0.406. The summed E-state index contributed by atoms with van der Waals surface area (Å²) in [5, 5.41) is 2.54. The number of benzene rings is 1. The van der Waals surface area contributed by atoms with Gasteiger partial charge in [0.25, 0.3) is 5.91 Å². The van der Waals surface area contributed by atoms with Gasteiger partial charge in [0.2, 0.25) is 17.7 Å². The highest BCUT2D eigenvalue weighted by atomic mass is 16.5. The topological polar surface area (TPSA) is 150 Å². The average Bonchev–Trinajstić information content (AvgIpc) is 3.27. The van der Waals surface area contributed by atoms with Gasteiger partial charge in [-0.15, -0.1) is 0 Å². The average molecular weight is 531 g/mol. The number of primary amides is 1. The van der Waals surface area contributed by atoms with E-state index < -0.39 is 12.0 Å². The van der Waals surface area contributed by atoms with E-state index in [0.29, 0.717) is 67.0 Å². The van der Waals surface area contributed by atoms with Crippen LogP contribution in [0.25, 0.3) is 0 Å². The molecule has 11 heteroatoms. The van der Waals surface area contributed by atoms with Crippen molar-refractivity contribution in [2.45, 2.75) is 38.7 Å². The van der Waals surface area contributed by atoms with Gasteiger partial charge in [0.15, 0.2) is 6.10 Å². The van der Waals surface area contributed by atoms with Gasteiger partial charge >= 0.3 is 0 Å². The van der Waals surface area contributed by atoms with E-state index in [2.05, 4.69) is 20.3 Å². The third-order valence-electron chi connectivity index (χ3n) is 6.91. The highest BCUT2D eigenvalue weighted by Gasteiger charge is 2.36. The van der Waals surface area contributed by atoms with Crippen LogP contribution < -0.4 is 25.4 Å². The predicted octanol–water partition coefficient (Wildman–Crippen LogP) is 2.33. The van der Waals surface area contributed by atoms with Crippen molar-refractivity contribution in [2.24, 2.45) is 17.6 Å². The summed E-state index contributed by atoms with van der Waals surface area (Å²) in [5.74, 6) is 1.61. The molecule has 3 amide bonds. The van der Waals surface area contributed by atoms with Crippen LogP contribution in [0.3, 0.4) is 0 Å². The number of nitrogens with zero attached hydrogens (tertiary/aromatic N) is 4. The molecule has 2 aromatic heterocycles. The molecular weight excluding hydrogens is 500 g/mol. The third-order valence-corrected chi connectivity index (χ3v) is 6.91. The zero-order chi connectivity index (χ0) is 27.4. The van der Waals surface area contributed by atoms with Crippen molar-refractivity contribution in [2.75, 3.05) is 18.0 Å². The van der Waals surface area contributed by atoms with E-state index in [1.54, 1.807) is 35.6 Å². The zero-order valence-corrected chi connectivity index (χ0v) is 21.6. The molecule has 1 saturated heterocycles. The van der Waals surface area contributed by atoms with Crippen molar-refractivity contribution < 1.29 is 23.9 Å². The molecule has 5 rings (SSSR count). The second-order valence-corrected chi connectivity index (χ2v) is 9.91. The van der Waals surface area contributed by atoms with E-state index in [1.807, 2.05) is 31.2 Å². The summed E-state index contributed by atoms with van der Waals surface area (Å²) in [6.45, 7) is 2.37. The molecule has 1 atom stereocenters. The molecule has 11 nitrogen and oxygen atoms in total. The van der Waals surface area contributed by atoms with E-state index in [9.17, 15) is 14.4 Å². The third kappa shape index (κ3) is 6.49. The van der Waals surface area contributed by atoms with Gasteiger partial charge in [0.05, 0.1) is 30.8 Å². The standard InChI is InChI=1S/C28H30N6O5/c1-17-2-4-21(5-3-17)39-26-7-6-22(15-32-26)38-23-8-9-34(28(23)37)20-13-30-25(31-14-20)12-18-10-19(11-18)27(36)33-16-24(29)35/h2-7,13-15,18-19,23H,8-12,16H2,1H3,(H2,29,35)(H,33,36)/t18?,19?,23-/m1/s1. The van der Waals surface area contributed by atoms with Crippen LogP contribution in [0.2, 0.25) is 0 Å². The number of nitrogens with one attached hydrogen (secondary N) is 1. The van der Waals surface area contributed by atoms with Crippen LogP contribution in [0.4, 0.5) is 5.69 Å². The first kappa shape index (κ1) is 26.1. The summed E-state index contributed by atoms with van der Waals surface area (Å²) in [7, 11) is 0. The molecule has 0 bridgehead atoms. The van der Waals surface area contributed by atoms with Gasteiger partial charge < -0.3 is 25.4 Å². The molecule has 3 heterocycles. The number of pyridine rings is 1. The molecule has 0 spiro atoms.